The molecule has 0 radical (unpaired) electrons. The van der Waals surface area contributed by atoms with E-state index in [4.69, 9.17) is 9.39 Å². The summed E-state index contributed by atoms with van der Waals surface area (Å²) in [5, 5.41) is 23.5. The van der Waals surface area contributed by atoms with Crippen LogP contribution in [0.4, 0.5) is 5.69 Å². The highest BCUT2D eigenvalue weighted by atomic mass is 16.6. The molecule has 0 amide bonds. The topological polar surface area (TPSA) is 104 Å². The van der Waals surface area contributed by atoms with E-state index in [1.165, 1.54) is 7.11 Å². The van der Waals surface area contributed by atoms with Crippen molar-refractivity contribution in [2.45, 2.75) is 18.0 Å². The summed E-state index contributed by atoms with van der Waals surface area (Å²) in [5.41, 5.74) is 4.06. The summed E-state index contributed by atoms with van der Waals surface area (Å²) in [6.07, 6.45) is 1.93. The van der Waals surface area contributed by atoms with Crippen LogP contribution < -0.4 is 14.9 Å². The zero-order chi connectivity index (χ0) is 30.4. The number of carbonyl (C=O) groups is 1. The second-order valence-corrected chi connectivity index (χ2v) is 10.4. The van der Waals surface area contributed by atoms with E-state index in [0.29, 0.717) is 10.9 Å². The van der Waals surface area contributed by atoms with Crippen molar-refractivity contribution in [2.24, 2.45) is 0 Å². The third-order valence-electron chi connectivity index (χ3n) is 7.56. The number of pyridine rings is 1. The van der Waals surface area contributed by atoms with Gasteiger partial charge in [0.05, 0.1) is 24.5 Å². The number of hydrogen-bond acceptors (Lipinski definition) is 8. The Hall–Kier alpha value is -4.70. The zero-order valence-electron chi connectivity index (χ0n) is 24.3. The number of nitrogens with zero attached hydrogens (tertiary/aromatic N) is 2. The minimum absolute atomic E-state index is 0.217. The quantitative estimate of drug-likeness (QED) is 0.122. The molecule has 8 nitrogen and oxygen atoms in total. The maximum atomic E-state index is 13.6. The van der Waals surface area contributed by atoms with Crippen molar-refractivity contribution in [3.05, 3.63) is 138 Å². The third-order valence-corrected chi connectivity index (χ3v) is 7.56. The average molecular weight is 575 g/mol. The average Bonchev–Trinajstić information content (AvgIpc) is 3.04. The van der Waals surface area contributed by atoms with Crippen molar-refractivity contribution >= 4 is 29.9 Å². The Kier molecular flexibility index (Phi) is 9.06. The van der Waals surface area contributed by atoms with Crippen LogP contribution in [0.2, 0.25) is 0 Å². The molecule has 0 saturated heterocycles. The van der Waals surface area contributed by atoms with Crippen LogP contribution in [0.15, 0.2) is 115 Å². The van der Waals surface area contributed by atoms with Crippen LogP contribution in [0.3, 0.4) is 0 Å². The normalized spacial score (nSPS) is 12.0. The summed E-state index contributed by atoms with van der Waals surface area (Å²) < 4.78 is 10.6. The van der Waals surface area contributed by atoms with Gasteiger partial charge in [-0.25, -0.2) is 0 Å². The first kappa shape index (κ1) is 29.8. The summed E-state index contributed by atoms with van der Waals surface area (Å²) in [5.74, 6) is -0.211. The van der Waals surface area contributed by atoms with Gasteiger partial charge < -0.3 is 24.3 Å². The lowest BCUT2D eigenvalue weighted by Crippen LogP contribution is -2.53. The predicted octanol–water partition coefficient (Wildman–Crippen LogP) is 4.31. The second-order valence-electron chi connectivity index (χ2n) is 10.4. The summed E-state index contributed by atoms with van der Waals surface area (Å²) in [6, 6.07) is 34.7. The van der Waals surface area contributed by atoms with Gasteiger partial charge in [-0.15, -0.1) is 0 Å². The standard InChI is InChI=1S/C34H34BN3O5/c1-38(2)28-22-29-24(19-20-31(43-35(40)41)32(29)36-23-28)21-30(33(39)42-3)37-34(25-13-7-4-8-14-25,26-15-9-5-10-16-26)27-17-11-6-12-18-27/h4-20,22-23,30,37,40-41H,21H2,1-3H3/t30-/m0/s1. The number of anilines is 1. The van der Waals surface area contributed by atoms with E-state index in [1.54, 1.807) is 12.3 Å². The molecule has 4 aromatic carbocycles. The summed E-state index contributed by atoms with van der Waals surface area (Å²) in [4.78, 5) is 20.1. The van der Waals surface area contributed by atoms with Crippen molar-refractivity contribution in [2.75, 3.05) is 26.1 Å². The molecular weight excluding hydrogens is 541 g/mol. The highest BCUT2D eigenvalue weighted by molar-refractivity contribution is 6.34. The fraction of sp³-hybridized carbons (Fsp3) is 0.176. The molecule has 0 aliphatic heterocycles. The highest BCUT2D eigenvalue weighted by Crippen LogP contribution is 2.38. The van der Waals surface area contributed by atoms with E-state index in [2.05, 4.69) is 46.7 Å². The molecule has 9 heteroatoms. The molecule has 1 heterocycles. The predicted molar refractivity (Wildman–Crippen MR) is 169 cm³/mol. The highest BCUT2D eigenvalue weighted by Gasteiger charge is 2.40. The fourth-order valence-corrected chi connectivity index (χ4v) is 5.50. The number of benzene rings is 4. The molecule has 0 saturated carbocycles. The molecule has 43 heavy (non-hydrogen) atoms. The molecular formula is C34H34BN3O5. The zero-order valence-corrected chi connectivity index (χ0v) is 24.3. The third kappa shape index (κ3) is 6.24. The molecule has 218 valence electrons. The van der Waals surface area contributed by atoms with E-state index in [9.17, 15) is 14.8 Å². The van der Waals surface area contributed by atoms with E-state index < -0.39 is 24.9 Å². The first-order valence-electron chi connectivity index (χ1n) is 14.0. The fourth-order valence-electron chi connectivity index (χ4n) is 5.50. The monoisotopic (exact) mass is 575 g/mol. The van der Waals surface area contributed by atoms with Crippen LogP contribution in [0.1, 0.15) is 22.3 Å². The van der Waals surface area contributed by atoms with Gasteiger partial charge in [0.1, 0.15) is 17.3 Å². The molecule has 0 aliphatic carbocycles. The van der Waals surface area contributed by atoms with Gasteiger partial charge in [-0.05, 0) is 40.8 Å². The van der Waals surface area contributed by atoms with Gasteiger partial charge in [-0.1, -0.05) is 97.1 Å². The van der Waals surface area contributed by atoms with Gasteiger partial charge >= 0.3 is 13.3 Å². The lowest BCUT2D eigenvalue weighted by Gasteiger charge is -2.39. The van der Waals surface area contributed by atoms with Crippen molar-refractivity contribution in [3.63, 3.8) is 0 Å². The number of rotatable bonds is 11. The SMILES string of the molecule is COC(=O)[C@H](Cc1ccc(OB(O)O)c2ncc(N(C)C)cc12)NC(c1ccccc1)(c1ccccc1)c1ccccc1. The number of ether oxygens (including phenoxy) is 1. The number of methoxy groups -OCH3 is 1. The lowest BCUT2D eigenvalue weighted by atomic mass is 9.76. The molecule has 0 unspecified atom stereocenters. The van der Waals surface area contributed by atoms with Crippen LogP contribution >= 0.6 is 0 Å². The smallest absolute Gasteiger partial charge is 0.510 e. The Morgan fingerprint density at radius 3 is 1.88 bits per heavy atom. The number of aromatic nitrogens is 1. The molecule has 0 spiro atoms. The molecule has 5 rings (SSSR count). The Balaban J connectivity index is 1.69. The van der Waals surface area contributed by atoms with Crippen LogP contribution in [-0.4, -0.2) is 55.6 Å². The summed E-state index contributed by atoms with van der Waals surface area (Å²) >= 11 is 0. The van der Waals surface area contributed by atoms with E-state index in [0.717, 1.165) is 27.9 Å². The van der Waals surface area contributed by atoms with Gasteiger partial charge in [-0.3, -0.25) is 15.1 Å². The maximum Gasteiger partial charge on any atom is 0.707 e. The Bertz CT molecular complexity index is 1570. The lowest BCUT2D eigenvalue weighted by molar-refractivity contribution is -0.143. The first-order chi connectivity index (χ1) is 20.8. The van der Waals surface area contributed by atoms with Crippen LogP contribution in [0.25, 0.3) is 10.9 Å². The van der Waals surface area contributed by atoms with Crippen LogP contribution in [-0.2, 0) is 21.5 Å². The molecule has 0 aliphatic rings. The minimum atomic E-state index is -2.00. The van der Waals surface area contributed by atoms with E-state index in [1.807, 2.05) is 85.7 Å². The molecule has 5 aromatic rings. The van der Waals surface area contributed by atoms with Crippen molar-refractivity contribution in [1.82, 2.24) is 10.3 Å². The Morgan fingerprint density at radius 2 is 1.42 bits per heavy atom. The Labute approximate surface area is 251 Å². The molecule has 3 N–H and O–H groups in total. The van der Waals surface area contributed by atoms with E-state index in [-0.39, 0.29) is 12.2 Å². The molecule has 1 aromatic heterocycles. The minimum Gasteiger partial charge on any atom is -0.510 e. The largest absolute Gasteiger partial charge is 0.707 e. The van der Waals surface area contributed by atoms with Gasteiger partial charge in [0.25, 0.3) is 0 Å². The van der Waals surface area contributed by atoms with Crippen molar-refractivity contribution in [1.29, 1.82) is 0 Å². The molecule has 0 fully saturated rings. The number of esters is 1. The van der Waals surface area contributed by atoms with Crippen molar-refractivity contribution < 1.29 is 24.2 Å². The summed E-state index contributed by atoms with van der Waals surface area (Å²) in [7, 11) is 3.20. The van der Waals surface area contributed by atoms with Crippen molar-refractivity contribution in [3.8, 4) is 5.75 Å². The molecule has 1 atom stereocenters. The van der Waals surface area contributed by atoms with Gasteiger partial charge in [0, 0.05) is 19.5 Å². The van der Waals surface area contributed by atoms with Gasteiger partial charge in [-0.2, -0.15) is 0 Å². The Morgan fingerprint density at radius 1 is 0.884 bits per heavy atom. The van der Waals surface area contributed by atoms with Gasteiger partial charge in [0.2, 0.25) is 0 Å². The number of hydrogen-bond donors (Lipinski definition) is 3. The van der Waals surface area contributed by atoms with Gasteiger partial charge in [0.15, 0.2) is 0 Å². The first-order valence-corrected chi connectivity index (χ1v) is 14.0. The maximum absolute atomic E-state index is 13.6. The van der Waals surface area contributed by atoms with Crippen LogP contribution in [0.5, 0.6) is 5.75 Å². The number of carbonyl (C=O) groups excluding carboxylic acids is 1. The van der Waals surface area contributed by atoms with Crippen LogP contribution in [0, 0.1) is 0 Å². The molecule has 0 bridgehead atoms. The number of fused-ring (bicyclic) bond motifs is 1. The number of nitrogens with one attached hydrogen (secondary N) is 1. The summed E-state index contributed by atoms with van der Waals surface area (Å²) in [6.45, 7) is 0. The second kappa shape index (κ2) is 13.1. The van der Waals surface area contributed by atoms with E-state index >= 15 is 0 Å².